The molecule has 0 bridgehead atoms. The van der Waals surface area contributed by atoms with Gasteiger partial charge in [0.15, 0.2) is 0 Å². The van der Waals surface area contributed by atoms with Crippen molar-refractivity contribution in [2.24, 2.45) is 5.73 Å². The van der Waals surface area contributed by atoms with Crippen LogP contribution in [0.25, 0.3) is 0 Å². The number of aryl methyl sites for hydroxylation is 1. The fourth-order valence-electron chi connectivity index (χ4n) is 1.35. The summed E-state index contributed by atoms with van der Waals surface area (Å²) in [6, 6.07) is 4.02. The minimum atomic E-state index is 0.534. The summed E-state index contributed by atoms with van der Waals surface area (Å²) in [4.78, 5) is 6.44. The van der Waals surface area contributed by atoms with Gasteiger partial charge in [0, 0.05) is 19.3 Å². The molecular weight excluding hydrogens is 186 g/mol. The number of nitrogens with two attached hydrogens (primary N) is 1. The molecule has 1 rings (SSSR count). The lowest BCUT2D eigenvalue weighted by molar-refractivity contribution is 0.938. The molecule has 0 unspecified atom stereocenters. The molecule has 15 heavy (non-hydrogen) atoms. The monoisotopic (exact) mass is 203 g/mol. The van der Waals surface area contributed by atoms with E-state index in [0.29, 0.717) is 13.1 Å². The molecule has 0 saturated heterocycles. The molecule has 0 fully saturated rings. The zero-order valence-electron chi connectivity index (χ0n) is 9.33. The first kappa shape index (κ1) is 11.5. The third-order valence-corrected chi connectivity index (χ3v) is 2.24. The van der Waals surface area contributed by atoms with E-state index >= 15 is 0 Å². The molecule has 0 atom stereocenters. The Kier molecular flexibility index (Phi) is 4.14. The molecule has 0 radical (unpaired) electrons. The summed E-state index contributed by atoms with van der Waals surface area (Å²) >= 11 is 0. The molecule has 0 aliphatic heterocycles. The first-order valence-corrected chi connectivity index (χ1v) is 5.05. The molecule has 0 aliphatic carbocycles. The van der Waals surface area contributed by atoms with Gasteiger partial charge in [-0.25, -0.2) is 4.98 Å². The van der Waals surface area contributed by atoms with E-state index in [-0.39, 0.29) is 0 Å². The fourth-order valence-corrected chi connectivity index (χ4v) is 1.35. The van der Waals surface area contributed by atoms with Crippen molar-refractivity contribution in [1.29, 1.82) is 0 Å². The first-order valence-electron chi connectivity index (χ1n) is 5.05. The minimum absolute atomic E-state index is 0.534. The molecular formula is C12H17N3. The van der Waals surface area contributed by atoms with E-state index in [1.54, 1.807) is 0 Å². The van der Waals surface area contributed by atoms with E-state index in [9.17, 15) is 0 Å². The molecule has 3 heteroatoms. The van der Waals surface area contributed by atoms with Crippen LogP contribution in [0.5, 0.6) is 0 Å². The fraction of sp³-hybridized carbons (Fsp3) is 0.417. The lowest BCUT2D eigenvalue weighted by atomic mass is 10.2. The smallest absolute Gasteiger partial charge is 0.129 e. The summed E-state index contributed by atoms with van der Waals surface area (Å²) in [5, 5.41) is 0. The van der Waals surface area contributed by atoms with E-state index in [1.165, 1.54) is 0 Å². The number of pyridine rings is 1. The van der Waals surface area contributed by atoms with Crippen LogP contribution in [0.4, 0.5) is 5.82 Å². The van der Waals surface area contributed by atoms with Crippen LogP contribution >= 0.6 is 0 Å². The van der Waals surface area contributed by atoms with Crippen LogP contribution in [0.15, 0.2) is 12.1 Å². The number of rotatable bonds is 4. The van der Waals surface area contributed by atoms with Crippen molar-refractivity contribution in [3.05, 3.63) is 23.4 Å². The molecule has 3 nitrogen and oxygen atoms in total. The van der Waals surface area contributed by atoms with E-state index in [0.717, 1.165) is 23.5 Å². The van der Waals surface area contributed by atoms with Crippen LogP contribution in [0, 0.1) is 12.3 Å². The Labute approximate surface area is 91.3 Å². The van der Waals surface area contributed by atoms with Crippen molar-refractivity contribution in [3.8, 4) is 12.3 Å². The number of hydrogen-bond donors (Lipinski definition) is 1. The highest BCUT2D eigenvalue weighted by Crippen LogP contribution is 2.13. The van der Waals surface area contributed by atoms with Gasteiger partial charge in [-0.05, 0) is 24.1 Å². The van der Waals surface area contributed by atoms with Gasteiger partial charge in [0.1, 0.15) is 5.82 Å². The molecule has 0 aromatic carbocycles. The van der Waals surface area contributed by atoms with Crippen LogP contribution in [0.2, 0.25) is 0 Å². The summed E-state index contributed by atoms with van der Waals surface area (Å²) in [5.74, 6) is 3.49. The lowest BCUT2D eigenvalue weighted by Crippen LogP contribution is -2.19. The standard InChI is InChI=1S/C12H17N3/c1-4-6-15(3)12-8-10(9-13)7-11(5-2)14-12/h1,7-8H,5-6,9,13H2,2-3H3. The Balaban J connectivity index is 3.01. The van der Waals surface area contributed by atoms with Gasteiger partial charge in [-0.2, -0.15) is 0 Å². The lowest BCUT2D eigenvalue weighted by Gasteiger charge is -2.16. The normalized spacial score (nSPS) is 9.73. The van der Waals surface area contributed by atoms with Gasteiger partial charge < -0.3 is 10.6 Å². The van der Waals surface area contributed by atoms with Crippen molar-refractivity contribution in [1.82, 2.24) is 4.98 Å². The van der Waals surface area contributed by atoms with Crippen molar-refractivity contribution in [3.63, 3.8) is 0 Å². The maximum atomic E-state index is 5.63. The number of nitrogens with zero attached hydrogens (tertiary/aromatic N) is 2. The van der Waals surface area contributed by atoms with Gasteiger partial charge >= 0.3 is 0 Å². The molecule has 0 aliphatic rings. The second-order valence-corrected chi connectivity index (χ2v) is 3.44. The molecule has 0 amide bonds. The SMILES string of the molecule is C#CCN(C)c1cc(CN)cc(CC)n1. The van der Waals surface area contributed by atoms with E-state index in [2.05, 4.69) is 17.8 Å². The summed E-state index contributed by atoms with van der Waals surface area (Å²) < 4.78 is 0. The van der Waals surface area contributed by atoms with Gasteiger partial charge in [-0.1, -0.05) is 12.8 Å². The Morgan fingerprint density at radius 2 is 2.27 bits per heavy atom. The molecule has 2 N–H and O–H groups in total. The maximum Gasteiger partial charge on any atom is 0.129 e. The molecule has 80 valence electrons. The maximum absolute atomic E-state index is 5.63. The first-order chi connectivity index (χ1) is 7.21. The Hall–Kier alpha value is -1.53. The molecule has 0 spiro atoms. The topological polar surface area (TPSA) is 42.1 Å². The van der Waals surface area contributed by atoms with Gasteiger partial charge in [-0.3, -0.25) is 0 Å². The van der Waals surface area contributed by atoms with Gasteiger partial charge in [0.05, 0.1) is 6.54 Å². The average Bonchev–Trinajstić information content (AvgIpc) is 2.28. The molecule has 0 saturated carbocycles. The average molecular weight is 203 g/mol. The number of hydrogen-bond acceptors (Lipinski definition) is 3. The van der Waals surface area contributed by atoms with Crippen molar-refractivity contribution in [2.45, 2.75) is 19.9 Å². The van der Waals surface area contributed by atoms with Crippen molar-refractivity contribution < 1.29 is 0 Å². The number of aromatic nitrogens is 1. The molecule has 1 aromatic rings. The van der Waals surface area contributed by atoms with E-state index in [4.69, 9.17) is 12.2 Å². The Bertz CT molecular complexity index is 343. The Morgan fingerprint density at radius 1 is 1.53 bits per heavy atom. The van der Waals surface area contributed by atoms with Crippen LogP contribution in [0.3, 0.4) is 0 Å². The zero-order chi connectivity index (χ0) is 11.3. The van der Waals surface area contributed by atoms with Crippen LogP contribution in [0.1, 0.15) is 18.2 Å². The molecule has 1 heterocycles. The van der Waals surface area contributed by atoms with E-state index < -0.39 is 0 Å². The van der Waals surface area contributed by atoms with Gasteiger partial charge in [-0.15, -0.1) is 6.42 Å². The quantitative estimate of drug-likeness (QED) is 0.747. The van der Waals surface area contributed by atoms with Crippen molar-refractivity contribution >= 4 is 5.82 Å². The highest BCUT2D eigenvalue weighted by Gasteiger charge is 2.04. The third-order valence-electron chi connectivity index (χ3n) is 2.24. The zero-order valence-corrected chi connectivity index (χ0v) is 9.33. The predicted molar refractivity (Wildman–Crippen MR) is 63.6 cm³/mol. The number of terminal acetylenes is 1. The van der Waals surface area contributed by atoms with Gasteiger partial charge in [0.25, 0.3) is 0 Å². The van der Waals surface area contributed by atoms with E-state index in [1.807, 2.05) is 24.1 Å². The van der Waals surface area contributed by atoms with Crippen molar-refractivity contribution in [2.75, 3.05) is 18.5 Å². The summed E-state index contributed by atoms with van der Waals surface area (Å²) in [7, 11) is 1.93. The van der Waals surface area contributed by atoms with Crippen LogP contribution in [-0.4, -0.2) is 18.6 Å². The van der Waals surface area contributed by atoms with Crippen LogP contribution < -0.4 is 10.6 Å². The number of anilines is 1. The summed E-state index contributed by atoms with van der Waals surface area (Å²) in [6.07, 6.45) is 6.17. The minimum Gasteiger partial charge on any atom is -0.349 e. The highest BCUT2D eigenvalue weighted by atomic mass is 15.2. The third kappa shape index (κ3) is 2.97. The second kappa shape index (κ2) is 5.38. The Morgan fingerprint density at radius 3 is 2.80 bits per heavy atom. The van der Waals surface area contributed by atoms with Crippen LogP contribution in [-0.2, 0) is 13.0 Å². The predicted octanol–water partition coefficient (Wildman–Crippen LogP) is 1.17. The summed E-state index contributed by atoms with van der Waals surface area (Å²) in [5.41, 5.74) is 7.78. The summed E-state index contributed by atoms with van der Waals surface area (Å²) in [6.45, 7) is 3.17. The molecule has 1 aromatic heterocycles. The van der Waals surface area contributed by atoms with Gasteiger partial charge in [0.2, 0.25) is 0 Å². The second-order valence-electron chi connectivity index (χ2n) is 3.44. The highest BCUT2D eigenvalue weighted by molar-refractivity contribution is 5.43. The largest absolute Gasteiger partial charge is 0.349 e.